The zero-order chi connectivity index (χ0) is 38.3. The third-order valence-corrected chi connectivity index (χ3v) is 23.5. The molecule has 0 aromatic carbocycles. The molecule has 19 unspecified atom stereocenters. The summed E-state index contributed by atoms with van der Waals surface area (Å²) in [4.78, 5) is 0. The minimum atomic E-state index is 0.281. The molecule has 50 heavy (non-hydrogen) atoms. The van der Waals surface area contributed by atoms with E-state index in [-0.39, 0.29) is 10.8 Å². The van der Waals surface area contributed by atoms with Gasteiger partial charge < -0.3 is 0 Å². The first-order valence-corrected chi connectivity index (χ1v) is 22.6. The molecule has 0 heteroatoms. The lowest BCUT2D eigenvalue weighted by molar-refractivity contribution is -0.193. The second-order valence-corrected chi connectivity index (χ2v) is 24.2. The minimum absolute atomic E-state index is 0.281. The van der Waals surface area contributed by atoms with Crippen LogP contribution in [0.2, 0.25) is 0 Å². The van der Waals surface area contributed by atoms with Crippen molar-refractivity contribution in [3.8, 4) is 0 Å². The van der Waals surface area contributed by atoms with E-state index in [1.807, 2.05) is 0 Å². The van der Waals surface area contributed by atoms with Gasteiger partial charge in [0.05, 0.1) is 0 Å². The topological polar surface area (TPSA) is 0 Å². The summed E-state index contributed by atoms with van der Waals surface area (Å²) in [5.41, 5.74) is 2.24. The standard InChI is InChI=1S/C50H92/c1-23-24-47(20,44(14,15)28(2)3)43-38(13)49(22)45(16,17)40(48(43,21)46(49,18)19)25-39-27-50(26-29(4)30(5)33(8)36(50)11)37(12)41-34(9)31(6)32(7)35(10)42(39)41/h28-43H,23-27H2,1-22H3. The highest BCUT2D eigenvalue weighted by Gasteiger charge is 2.83. The third kappa shape index (κ3) is 4.71. The zero-order valence-corrected chi connectivity index (χ0v) is 38.3. The number of hydrogen-bond donors (Lipinski definition) is 0. The lowest BCUT2D eigenvalue weighted by atomic mass is 9.37. The van der Waals surface area contributed by atoms with Crippen molar-refractivity contribution in [2.75, 3.05) is 0 Å². The van der Waals surface area contributed by atoms with Crippen LogP contribution >= 0.6 is 0 Å². The molecule has 292 valence electrons. The Morgan fingerprint density at radius 1 is 0.620 bits per heavy atom. The van der Waals surface area contributed by atoms with Crippen LogP contribution in [-0.2, 0) is 0 Å². The predicted molar refractivity (Wildman–Crippen MR) is 221 cm³/mol. The molecule has 0 N–H and O–H groups in total. The SMILES string of the molecule is CCCC(C)(C1C(C)C2(C)C(C)(C)C(CC3CC4(CC(C)C(C)C(C)C4C)C(C)C4C(C)C(C)C(C)C(C)C34)C1(C)C2(C)C)C(C)(C)C(C)C. The maximum atomic E-state index is 2.90. The van der Waals surface area contributed by atoms with E-state index in [0.29, 0.717) is 38.9 Å². The Morgan fingerprint density at radius 3 is 1.62 bits per heavy atom. The Balaban J connectivity index is 1.71. The molecule has 0 saturated heterocycles. The molecule has 1 spiro atoms. The van der Waals surface area contributed by atoms with Crippen molar-refractivity contribution < 1.29 is 0 Å². The normalized spacial score (nSPS) is 54.2. The van der Waals surface area contributed by atoms with Gasteiger partial charge in [0.25, 0.3) is 0 Å². The molecular formula is C50H92. The van der Waals surface area contributed by atoms with Crippen LogP contribution in [0.15, 0.2) is 0 Å². The van der Waals surface area contributed by atoms with Gasteiger partial charge in [-0.25, -0.2) is 0 Å². The van der Waals surface area contributed by atoms with Crippen LogP contribution in [0.25, 0.3) is 0 Å². The average molecular weight is 693 g/mol. The van der Waals surface area contributed by atoms with E-state index in [0.717, 1.165) is 82.9 Å². The molecule has 0 aromatic heterocycles. The zero-order valence-electron chi connectivity index (χ0n) is 38.3. The van der Waals surface area contributed by atoms with Gasteiger partial charge in [0.2, 0.25) is 0 Å². The van der Waals surface area contributed by atoms with Gasteiger partial charge in [-0.2, -0.15) is 0 Å². The van der Waals surface area contributed by atoms with Crippen molar-refractivity contribution >= 4 is 0 Å². The molecule has 0 radical (unpaired) electrons. The lowest BCUT2D eigenvalue weighted by Crippen LogP contribution is -2.61. The van der Waals surface area contributed by atoms with Gasteiger partial charge in [-0.15, -0.1) is 0 Å². The molecule has 0 heterocycles. The second kappa shape index (κ2) is 12.5. The third-order valence-electron chi connectivity index (χ3n) is 23.5. The Kier molecular flexibility index (Phi) is 10.3. The Bertz CT molecular complexity index is 1230. The number of hydrogen-bond acceptors (Lipinski definition) is 0. The molecule has 0 aliphatic heterocycles. The first-order chi connectivity index (χ1) is 22.6. The first kappa shape index (κ1) is 41.2. The molecule has 5 rings (SSSR count). The fourth-order valence-corrected chi connectivity index (χ4v) is 18.3. The molecule has 5 fully saturated rings. The van der Waals surface area contributed by atoms with Gasteiger partial charge in [0, 0.05) is 0 Å². The highest BCUT2D eigenvalue weighted by molar-refractivity contribution is 5.30. The van der Waals surface area contributed by atoms with Crippen LogP contribution in [-0.4, -0.2) is 0 Å². The summed E-state index contributed by atoms with van der Waals surface area (Å²) in [6, 6.07) is 0. The van der Waals surface area contributed by atoms with Gasteiger partial charge in [0.15, 0.2) is 0 Å². The molecule has 0 nitrogen and oxygen atoms in total. The predicted octanol–water partition coefficient (Wildman–Crippen LogP) is 15.2. The highest BCUT2D eigenvalue weighted by atomic mass is 14.9. The molecule has 5 aliphatic carbocycles. The van der Waals surface area contributed by atoms with Crippen molar-refractivity contribution in [2.24, 2.45) is 133 Å². The second-order valence-electron chi connectivity index (χ2n) is 24.2. The first-order valence-electron chi connectivity index (χ1n) is 22.6. The van der Waals surface area contributed by atoms with E-state index in [2.05, 4.69) is 152 Å². The number of rotatable bonds is 7. The van der Waals surface area contributed by atoms with Gasteiger partial charge in [-0.3, -0.25) is 0 Å². The van der Waals surface area contributed by atoms with Gasteiger partial charge in [-0.1, -0.05) is 159 Å². The summed E-state index contributed by atoms with van der Waals surface area (Å²) < 4.78 is 0. The van der Waals surface area contributed by atoms with Crippen LogP contribution in [0.5, 0.6) is 0 Å². The van der Waals surface area contributed by atoms with E-state index in [4.69, 9.17) is 0 Å². The van der Waals surface area contributed by atoms with E-state index in [1.165, 1.54) is 32.1 Å². The molecule has 0 amide bonds. The van der Waals surface area contributed by atoms with E-state index < -0.39 is 0 Å². The lowest BCUT2D eigenvalue weighted by Gasteiger charge is -2.67. The van der Waals surface area contributed by atoms with Crippen LogP contribution in [0.4, 0.5) is 0 Å². The van der Waals surface area contributed by atoms with Crippen LogP contribution in [0.3, 0.4) is 0 Å². The van der Waals surface area contributed by atoms with Crippen LogP contribution in [0, 0.1) is 133 Å². The summed E-state index contributed by atoms with van der Waals surface area (Å²) in [5.74, 6) is 12.9. The molecule has 5 saturated carbocycles. The Hall–Kier alpha value is 0. The molecule has 5 aliphatic rings. The maximum Gasteiger partial charge on any atom is -0.0186 e. The van der Waals surface area contributed by atoms with Gasteiger partial charge in [-0.05, 0) is 158 Å². The average Bonchev–Trinajstić information content (AvgIpc) is 3.20. The quantitative estimate of drug-likeness (QED) is 0.249. The van der Waals surface area contributed by atoms with E-state index in [9.17, 15) is 0 Å². The fourth-order valence-electron chi connectivity index (χ4n) is 18.3. The summed E-state index contributed by atoms with van der Waals surface area (Å²) in [5, 5.41) is 0. The Morgan fingerprint density at radius 2 is 1.14 bits per heavy atom. The summed E-state index contributed by atoms with van der Waals surface area (Å²) in [6.07, 6.45) is 7.08. The van der Waals surface area contributed by atoms with E-state index >= 15 is 0 Å². The van der Waals surface area contributed by atoms with Gasteiger partial charge in [0.1, 0.15) is 0 Å². The number of fused-ring (bicyclic) bond motifs is 3. The summed E-state index contributed by atoms with van der Waals surface area (Å²) >= 11 is 0. The minimum Gasteiger partial charge on any atom is -0.0654 e. The molecule has 0 aromatic rings. The Labute approximate surface area is 316 Å². The molecule has 19 atom stereocenters. The summed E-state index contributed by atoms with van der Waals surface area (Å²) in [6.45, 7) is 59.4. The largest absolute Gasteiger partial charge is 0.0654 e. The fraction of sp³-hybridized carbons (Fsp3) is 1.00. The van der Waals surface area contributed by atoms with Gasteiger partial charge >= 0.3 is 0 Å². The van der Waals surface area contributed by atoms with Crippen molar-refractivity contribution in [2.45, 2.75) is 184 Å². The summed E-state index contributed by atoms with van der Waals surface area (Å²) in [7, 11) is 0. The van der Waals surface area contributed by atoms with Crippen molar-refractivity contribution in [1.82, 2.24) is 0 Å². The monoisotopic (exact) mass is 693 g/mol. The smallest absolute Gasteiger partial charge is 0.0186 e. The maximum absolute atomic E-state index is 2.90. The molecular weight excluding hydrogens is 601 g/mol. The van der Waals surface area contributed by atoms with Crippen molar-refractivity contribution in [1.29, 1.82) is 0 Å². The van der Waals surface area contributed by atoms with Crippen LogP contribution < -0.4 is 0 Å². The highest BCUT2D eigenvalue weighted by Crippen LogP contribution is 2.88. The van der Waals surface area contributed by atoms with E-state index in [1.54, 1.807) is 0 Å². The molecule has 2 bridgehead atoms. The van der Waals surface area contributed by atoms with Crippen LogP contribution in [0.1, 0.15) is 184 Å². The van der Waals surface area contributed by atoms with Crippen molar-refractivity contribution in [3.05, 3.63) is 0 Å². The van der Waals surface area contributed by atoms with Crippen molar-refractivity contribution in [3.63, 3.8) is 0 Å².